The quantitative estimate of drug-likeness (QED) is 0.415. The Labute approximate surface area is 176 Å². The Bertz CT molecular complexity index is 1060. The van der Waals surface area contributed by atoms with Gasteiger partial charge in [-0.2, -0.15) is 0 Å². The number of aromatic amines is 1. The lowest BCUT2D eigenvalue weighted by Crippen LogP contribution is -2.47. The smallest absolute Gasteiger partial charge is 0.324 e. The Morgan fingerprint density at radius 3 is 2.00 bits per heavy atom. The molecule has 0 spiro atoms. The molecule has 2 atom stereocenters. The summed E-state index contributed by atoms with van der Waals surface area (Å²) >= 11 is 0. The van der Waals surface area contributed by atoms with E-state index in [1.165, 1.54) is 7.11 Å². The number of nitrogens with one attached hydrogen (secondary N) is 2. The van der Waals surface area contributed by atoms with Gasteiger partial charge in [-0.3, -0.25) is 4.79 Å². The van der Waals surface area contributed by atoms with E-state index in [0.29, 0.717) is 0 Å². The Morgan fingerprint density at radius 2 is 1.43 bits per heavy atom. The van der Waals surface area contributed by atoms with Crippen LogP contribution in [0.5, 0.6) is 0 Å². The number of aromatic nitrogens is 1. The number of carbonyl (C=O) groups is 1. The molecule has 30 heavy (non-hydrogen) atoms. The lowest BCUT2D eigenvalue weighted by molar-refractivity contribution is -0.146. The highest BCUT2D eigenvalue weighted by atomic mass is 16.5. The van der Waals surface area contributed by atoms with E-state index in [-0.39, 0.29) is 5.97 Å². The van der Waals surface area contributed by atoms with Crippen LogP contribution < -0.4 is 5.32 Å². The second-order valence-electron chi connectivity index (χ2n) is 7.10. The first-order valence-corrected chi connectivity index (χ1v) is 9.91. The van der Waals surface area contributed by atoms with E-state index >= 15 is 0 Å². The van der Waals surface area contributed by atoms with Crippen molar-refractivity contribution < 1.29 is 9.53 Å². The van der Waals surface area contributed by atoms with Gasteiger partial charge < -0.3 is 15.0 Å². The van der Waals surface area contributed by atoms with Crippen molar-refractivity contribution in [3.8, 4) is 0 Å². The van der Waals surface area contributed by atoms with Crippen LogP contribution in [0.1, 0.15) is 22.9 Å². The zero-order valence-corrected chi connectivity index (χ0v) is 16.8. The van der Waals surface area contributed by atoms with Gasteiger partial charge in [-0.25, -0.2) is 0 Å². The Balaban J connectivity index is 2.01. The molecule has 0 fully saturated rings. The van der Waals surface area contributed by atoms with E-state index in [0.717, 1.165) is 22.5 Å². The van der Waals surface area contributed by atoms with Gasteiger partial charge >= 0.3 is 5.97 Å². The first kappa shape index (κ1) is 19.5. The van der Waals surface area contributed by atoms with Gasteiger partial charge in [0.05, 0.1) is 13.2 Å². The second kappa shape index (κ2) is 8.70. The van der Waals surface area contributed by atoms with E-state index in [9.17, 15) is 4.79 Å². The predicted octanol–water partition coefficient (Wildman–Crippen LogP) is 5.33. The molecule has 4 aromatic rings. The molecule has 4 nitrogen and oxygen atoms in total. The molecular formula is C26H24N2O2. The molecule has 4 heteroatoms. The van der Waals surface area contributed by atoms with Gasteiger partial charge in [0.25, 0.3) is 0 Å². The van der Waals surface area contributed by atoms with Crippen molar-refractivity contribution in [1.82, 2.24) is 4.98 Å². The number of methoxy groups -OCH3 is 1. The van der Waals surface area contributed by atoms with Crippen LogP contribution in [0.25, 0.3) is 0 Å². The van der Waals surface area contributed by atoms with E-state index in [2.05, 4.69) is 10.3 Å². The lowest BCUT2D eigenvalue weighted by Gasteiger charge is -2.39. The summed E-state index contributed by atoms with van der Waals surface area (Å²) < 4.78 is 5.44. The molecule has 150 valence electrons. The van der Waals surface area contributed by atoms with Crippen molar-refractivity contribution in [3.63, 3.8) is 0 Å². The molecular weight excluding hydrogens is 372 g/mol. The Kier molecular flexibility index (Phi) is 5.66. The molecule has 2 N–H and O–H groups in total. The van der Waals surface area contributed by atoms with Gasteiger partial charge in [-0.15, -0.1) is 0 Å². The van der Waals surface area contributed by atoms with Crippen molar-refractivity contribution in [2.75, 3.05) is 12.4 Å². The van der Waals surface area contributed by atoms with Gasteiger partial charge in [-0.1, -0.05) is 78.9 Å². The maximum absolute atomic E-state index is 13.7. The first-order chi connectivity index (χ1) is 14.8. The summed E-state index contributed by atoms with van der Waals surface area (Å²) in [5, 5.41) is 3.62. The van der Waals surface area contributed by atoms with Crippen molar-refractivity contribution in [3.05, 3.63) is 126 Å². The van der Waals surface area contributed by atoms with E-state index in [4.69, 9.17) is 4.74 Å². The average molecular weight is 396 g/mol. The normalized spacial score (nSPS) is 13.8. The minimum absolute atomic E-state index is 0.339. The maximum atomic E-state index is 13.7. The lowest BCUT2D eigenvalue weighted by atomic mass is 9.69. The second-order valence-corrected chi connectivity index (χ2v) is 7.10. The molecule has 1 aromatic heterocycles. The van der Waals surface area contributed by atoms with Crippen LogP contribution in [0.2, 0.25) is 0 Å². The van der Waals surface area contributed by atoms with Gasteiger partial charge in [0.1, 0.15) is 0 Å². The fourth-order valence-corrected chi connectivity index (χ4v) is 4.05. The number of anilines is 1. The number of benzene rings is 3. The van der Waals surface area contributed by atoms with Gasteiger partial charge in [0, 0.05) is 17.6 Å². The van der Waals surface area contributed by atoms with Crippen LogP contribution in [0, 0.1) is 0 Å². The van der Waals surface area contributed by atoms with Gasteiger partial charge in [0.15, 0.2) is 5.41 Å². The zero-order chi connectivity index (χ0) is 20.8. The fourth-order valence-electron chi connectivity index (χ4n) is 4.05. The third-order valence-electron chi connectivity index (χ3n) is 5.41. The predicted molar refractivity (Wildman–Crippen MR) is 119 cm³/mol. The molecule has 0 radical (unpaired) electrons. The number of ether oxygens (including phenoxy) is 1. The van der Waals surface area contributed by atoms with Crippen molar-refractivity contribution in [2.24, 2.45) is 0 Å². The fraction of sp³-hybridized carbons (Fsp3) is 0.115. The van der Waals surface area contributed by atoms with Crippen molar-refractivity contribution in [2.45, 2.75) is 11.5 Å². The molecule has 0 bridgehead atoms. The topological polar surface area (TPSA) is 54.1 Å². The summed E-state index contributed by atoms with van der Waals surface area (Å²) in [6.45, 7) is 0. The molecule has 0 aliphatic carbocycles. The van der Waals surface area contributed by atoms with Crippen LogP contribution in [-0.2, 0) is 14.9 Å². The molecule has 0 saturated heterocycles. The van der Waals surface area contributed by atoms with Crippen molar-refractivity contribution >= 4 is 11.7 Å². The molecule has 3 aromatic carbocycles. The molecule has 0 aliphatic rings. The van der Waals surface area contributed by atoms with Gasteiger partial charge in [0.2, 0.25) is 0 Å². The highest BCUT2D eigenvalue weighted by Crippen LogP contribution is 2.45. The highest BCUT2D eigenvalue weighted by molar-refractivity contribution is 5.89. The number of H-pyrrole nitrogens is 1. The van der Waals surface area contributed by atoms with Gasteiger partial charge in [-0.05, 0) is 35.4 Å². The standard InChI is InChI=1S/C26H24N2O2/c1-30-25(29)26(23-18-11-19-27-23,21-14-7-3-8-15-21)24(20-12-5-2-6-13-20)28-22-16-9-4-10-17-22/h2-19,24,27-28H,1H3/t24-,26+/m1/s1. The van der Waals surface area contributed by atoms with E-state index in [1.54, 1.807) is 0 Å². The van der Waals surface area contributed by atoms with E-state index in [1.807, 2.05) is 109 Å². The summed E-state index contributed by atoms with van der Waals surface area (Å²) in [6.07, 6.45) is 1.83. The first-order valence-electron chi connectivity index (χ1n) is 9.91. The van der Waals surface area contributed by atoms with Crippen molar-refractivity contribution in [1.29, 1.82) is 0 Å². The van der Waals surface area contributed by atoms with Crippen LogP contribution in [-0.4, -0.2) is 18.1 Å². The summed E-state index contributed by atoms with van der Waals surface area (Å²) in [4.78, 5) is 16.9. The third-order valence-corrected chi connectivity index (χ3v) is 5.41. The number of hydrogen-bond donors (Lipinski definition) is 2. The number of hydrogen-bond acceptors (Lipinski definition) is 3. The summed E-state index contributed by atoms with van der Waals surface area (Å²) in [5.74, 6) is -0.339. The minimum Gasteiger partial charge on any atom is -0.468 e. The van der Waals surface area contributed by atoms with Crippen LogP contribution in [0.3, 0.4) is 0 Å². The Morgan fingerprint density at radius 1 is 0.833 bits per heavy atom. The molecule has 0 amide bonds. The van der Waals surface area contributed by atoms with Crippen LogP contribution >= 0.6 is 0 Å². The van der Waals surface area contributed by atoms with Crippen LogP contribution in [0.15, 0.2) is 109 Å². The summed E-state index contributed by atoms with van der Waals surface area (Å²) in [6, 6.07) is 33.1. The summed E-state index contributed by atoms with van der Waals surface area (Å²) in [7, 11) is 1.44. The number of para-hydroxylation sites is 1. The van der Waals surface area contributed by atoms with E-state index < -0.39 is 11.5 Å². The number of carbonyl (C=O) groups excluding carboxylic acids is 1. The van der Waals surface area contributed by atoms with Crippen LogP contribution in [0.4, 0.5) is 5.69 Å². The molecule has 4 rings (SSSR count). The average Bonchev–Trinajstić information content (AvgIpc) is 3.36. The third kappa shape index (κ3) is 3.48. The summed E-state index contributed by atoms with van der Waals surface area (Å²) in [5.41, 5.74) is 2.37. The molecule has 1 heterocycles. The highest BCUT2D eigenvalue weighted by Gasteiger charge is 2.51. The molecule has 0 unspecified atom stereocenters. The molecule has 0 saturated carbocycles. The SMILES string of the molecule is COC(=O)[C@@](c1ccccc1)(c1ccc[nH]1)[C@H](Nc1ccccc1)c1ccccc1. The Hall–Kier alpha value is -3.79. The zero-order valence-electron chi connectivity index (χ0n) is 16.8. The minimum atomic E-state index is -1.13. The number of esters is 1. The monoisotopic (exact) mass is 396 g/mol. The molecule has 0 aliphatic heterocycles. The number of rotatable bonds is 7. The maximum Gasteiger partial charge on any atom is 0.324 e. The largest absolute Gasteiger partial charge is 0.468 e.